The number of anilines is 1. The SMILES string of the molecule is CC(C)NC(=O)c1cccc2c1CCCN2Cc1nc(-c2cccc(Br)c2)no1. The average Bonchev–Trinajstić information content (AvgIpc) is 3.16. The average molecular weight is 455 g/mol. The summed E-state index contributed by atoms with van der Waals surface area (Å²) in [5.74, 6) is 1.11. The van der Waals surface area contributed by atoms with Crippen LogP contribution >= 0.6 is 15.9 Å². The second-order valence-corrected chi connectivity index (χ2v) is 8.39. The number of amides is 1. The molecule has 0 saturated carbocycles. The molecule has 4 rings (SSSR count). The van der Waals surface area contributed by atoms with E-state index in [1.807, 2.05) is 50.2 Å². The lowest BCUT2D eigenvalue weighted by Crippen LogP contribution is -2.34. The van der Waals surface area contributed by atoms with E-state index in [0.717, 1.165) is 46.2 Å². The maximum absolute atomic E-state index is 12.6. The number of rotatable bonds is 5. The van der Waals surface area contributed by atoms with Gasteiger partial charge in [-0.3, -0.25) is 4.79 Å². The minimum Gasteiger partial charge on any atom is -0.362 e. The normalized spacial score (nSPS) is 13.4. The number of benzene rings is 2. The van der Waals surface area contributed by atoms with Gasteiger partial charge in [0.05, 0.1) is 6.54 Å². The highest BCUT2D eigenvalue weighted by Gasteiger charge is 2.24. The van der Waals surface area contributed by atoms with E-state index in [0.29, 0.717) is 18.3 Å². The number of halogens is 1. The summed E-state index contributed by atoms with van der Waals surface area (Å²) in [4.78, 5) is 19.4. The molecule has 0 bridgehead atoms. The van der Waals surface area contributed by atoms with E-state index >= 15 is 0 Å². The van der Waals surface area contributed by atoms with E-state index in [2.05, 4.69) is 42.4 Å². The predicted octanol–water partition coefficient (Wildman–Crippen LogP) is 4.59. The predicted molar refractivity (Wildman–Crippen MR) is 116 cm³/mol. The number of carbonyl (C=O) groups is 1. The highest BCUT2D eigenvalue weighted by atomic mass is 79.9. The summed E-state index contributed by atoms with van der Waals surface area (Å²) in [5, 5.41) is 7.13. The largest absolute Gasteiger partial charge is 0.362 e. The molecule has 2 aromatic carbocycles. The smallest absolute Gasteiger partial charge is 0.251 e. The van der Waals surface area contributed by atoms with Crippen LogP contribution in [-0.4, -0.2) is 28.6 Å². The summed E-state index contributed by atoms with van der Waals surface area (Å²) < 4.78 is 6.48. The number of hydrogen-bond acceptors (Lipinski definition) is 5. The van der Waals surface area contributed by atoms with Crippen LogP contribution in [0.1, 0.15) is 42.1 Å². The van der Waals surface area contributed by atoms with Crippen LogP contribution in [0, 0.1) is 0 Å². The molecule has 7 heteroatoms. The van der Waals surface area contributed by atoms with E-state index < -0.39 is 0 Å². The fraction of sp³-hybridized carbons (Fsp3) is 0.318. The molecule has 0 aliphatic carbocycles. The minimum absolute atomic E-state index is 0.0200. The van der Waals surface area contributed by atoms with Gasteiger partial charge >= 0.3 is 0 Å². The van der Waals surface area contributed by atoms with Crippen molar-refractivity contribution in [3.05, 3.63) is 64.0 Å². The van der Waals surface area contributed by atoms with Crippen LogP contribution in [-0.2, 0) is 13.0 Å². The number of carbonyl (C=O) groups excluding carboxylic acids is 1. The molecule has 6 nitrogen and oxygen atoms in total. The van der Waals surface area contributed by atoms with Gasteiger partial charge in [0, 0.05) is 33.9 Å². The van der Waals surface area contributed by atoms with Crippen LogP contribution in [0.3, 0.4) is 0 Å². The molecule has 3 aromatic rings. The van der Waals surface area contributed by atoms with Crippen molar-refractivity contribution in [3.8, 4) is 11.4 Å². The van der Waals surface area contributed by atoms with Crippen molar-refractivity contribution in [1.29, 1.82) is 0 Å². The van der Waals surface area contributed by atoms with Crippen molar-refractivity contribution in [2.45, 2.75) is 39.3 Å². The first-order chi connectivity index (χ1) is 14.0. The Bertz CT molecular complexity index is 1030. The Kier molecular flexibility index (Phi) is 5.67. The van der Waals surface area contributed by atoms with Crippen molar-refractivity contribution in [2.24, 2.45) is 0 Å². The van der Waals surface area contributed by atoms with E-state index in [9.17, 15) is 4.79 Å². The van der Waals surface area contributed by atoms with Gasteiger partial charge in [0.25, 0.3) is 5.91 Å². The first kappa shape index (κ1) is 19.6. The number of aromatic nitrogens is 2. The zero-order chi connectivity index (χ0) is 20.4. The maximum Gasteiger partial charge on any atom is 0.251 e. The van der Waals surface area contributed by atoms with Crippen molar-refractivity contribution in [2.75, 3.05) is 11.4 Å². The Balaban J connectivity index is 1.57. The van der Waals surface area contributed by atoms with Gasteiger partial charge in [0.2, 0.25) is 11.7 Å². The van der Waals surface area contributed by atoms with Crippen LogP contribution < -0.4 is 10.2 Å². The zero-order valence-electron chi connectivity index (χ0n) is 16.5. The minimum atomic E-state index is -0.0200. The van der Waals surface area contributed by atoms with Gasteiger partial charge in [0.15, 0.2) is 0 Å². The Labute approximate surface area is 178 Å². The molecule has 2 heterocycles. The van der Waals surface area contributed by atoms with Crippen LogP contribution in [0.2, 0.25) is 0 Å². The van der Waals surface area contributed by atoms with Crippen molar-refractivity contribution < 1.29 is 9.32 Å². The summed E-state index contributed by atoms with van der Waals surface area (Å²) in [5.41, 5.74) is 3.81. The Morgan fingerprint density at radius 2 is 2.10 bits per heavy atom. The number of nitrogens with one attached hydrogen (secondary N) is 1. The quantitative estimate of drug-likeness (QED) is 0.610. The highest BCUT2D eigenvalue weighted by Crippen LogP contribution is 2.31. The third kappa shape index (κ3) is 4.34. The van der Waals surface area contributed by atoms with Crippen LogP contribution in [0.4, 0.5) is 5.69 Å². The molecule has 0 radical (unpaired) electrons. The number of nitrogens with zero attached hydrogens (tertiary/aromatic N) is 3. The number of fused-ring (bicyclic) bond motifs is 1. The Hall–Kier alpha value is -2.67. The third-order valence-electron chi connectivity index (χ3n) is 4.89. The standard InChI is InChI=1S/C22H23BrN4O2/c1-14(2)24-22(28)18-8-4-10-19-17(18)9-5-11-27(19)13-20-25-21(26-29-20)15-6-3-7-16(23)12-15/h3-4,6-8,10,12,14H,5,9,11,13H2,1-2H3,(H,24,28). The highest BCUT2D eigenvalue weighted by molar-refractivity contribution is 9.10. The molecule has 0 unspecified atom stereocenters. The first-order valence-electron chi connectivity index (χ1n) is 9.77. The fourth-order valence-corrected chi connectivity index (χ4v) is 4.04. The van der Waals surface area contributed by atoms with Crippen molar-refractivity contribution in [1.82, 2.24) is 15.5 Å². The van der Waals surface area contributed by atoms with Gasteiger partial charge in [-0.05, 0) is 56.5 Å². The molecule has 1 aliphatic rings. The lowest BCUT2D eigenvalue weighted by molar-refractivity contribution is 0.0942. The summed E-state index contributed by atoms with van der Waals surface area (Å²) in [6, 6.07) is 13.8. The van der Waals surface area contributed by atoms with Gasteiger partial charge in [-0.25, -0.2) is 0 Å². The maximum atomic E-state index is 12.6. The summed E-state index contributed by atoms with van der Waals surface area (Å²) in [7, 11) is 0. The monoisotopic (exact) mass is 454 g/mol. The Morgan fingerprint density at radius 1 is 1.28 bits per heavy atom. The van der Waals surface area contributed by atoms with E-state index in [1.54, 1.807) is 0 Å². The van der Waals surface area contributed by atoms with Crippen molar-refractivity contribution >= 4 is 27.5 Å². The van der Waals surface area contributed by atoms with Crippen LogP contribution in [0.25, 0.3) is 11.4 Å². The first-order valence-corrected chi connectivity index (χ1v) is 10.6. The molecular weight excluding hydrogens is 432 g/mol. The lowest BCUT2D eigenvalue weighted by atomic mass is 9.95. The molecule has 1 N–H and O–H groups in total. The van der Waals surface area contributed by atoms with Crippen molar-refractivity contribution in [3.63, 3.8) is 0 Å². The molecule has 150 valence electrons. The Morgan fingerprint density at radius 3 is 2.90 bits per heavy atom. The van der Waals surface area contributed by atoms with Crippen LogP contribution in [0.15, 0.2) is 51.5 Å². The van der Waals surface area contributed by atoms with Gasteiger partial charge < -0.3 is 14.7 Å². The molecule has 29 heavy (non-hydrogen) atoms. The van der Waals surface area contributed by atoms with Gasteiger partial charge in [-0.2, -0.15) is 4.98 Å². The second kappa shape index (κ2) is 8.37. The summed E-state index contributed by atoms with van der Waals surface area (Å²) in [6.07, 6.45) is 1.87. The van der Waals surface area contributed by atoms with Gasteiger partial charge in [-0.1, -0.05) is 39.3 Å². The summed E-state index contributed by atoms with van der Waals surface area (Å²) >= 11 is 3.47. The molecule has 0 atom stereocenters. The summed E-state index contributed by atoms with van der Waals surface area (Å²) in [6.45, 7) is 5.34. The molecular formula is C22H23BrN4O2. The molecule has 0 fully saturated rings. The van der Waals surface area contributed by atoms with E-state index in [1.165, 1.54) is 0 Å². The van der Waals surface area contributed by atoms with E-state index in [-0.39, 0.29) is 11.9 Å². The fourth-order valence-electron chi connectivity index (χ4n) is 3.64. The molecule has 1 amide bonds. The molecule has 0 saturated heterocycles. The lowest BCUT2D eigenvalue weighted by Gasteiger charge is -2.31. The second-order valence-electron chi connectivity index (χ2n) is 7.48. The third-order valence-corrected chi connectivity index (χ3v) is 5.38. The molecule has 1 aliphatic heterocycles. The van der Waals surface area contributed by atoms with Gasteiger partial charge in [-0.15, -0.1) is 0 Å². The topological polar surface area (TPSA) is 71.3 Å². The van der Waals surface area contributed by atoms with Gasteiger partial charge in [0.1, 0.15) is 0 Å². The van der Waals surface area contributed by atoms with Crippen LogP contribution in [0.5, 0.6) is 0 Å². The number of hydrogen-bond donors (Lipinski definition) is 1. The molecule has 1 aromatic heterocycles. The zero-order valence-corrected chi connectivity index (χ0v) is 18.1. The van der Waals surface area contributed by atoms with E-state index in [4.69, 9.17) is 4.52 Å². The molecule has 0 spiro atoms.